The molecule has 0 spiro atoms. The van der Waals surface area contributed by atoms with E-state index in [4.69, 9.17) is 4.74 Å². The van der Waals surface area contributed by atoms with Gasteiger partial charge in [-0.15, -0.1) is 0 Å². The highest BCUT2D eigenvalue weighted by atomic mass is 16.5. The summed E-state index contributed by atoms with van der Waals surface area (Å²) >= 11 is 0. The van der Waals surface area contributed by atoms with Crippen molar-refractivity contribution in [2.45, 2.75) is 38.3 Å². The summed E-state index contributed by atoms with van der Waals surface area (Å²) in [6.07, 6.45) is 5.49. The van der Waals surface area contributed by atoms with Crippen molar-refractivity contribution in [1.82, 2.24) is 15.1 Å². The number of para-hydroxylation sites is 1. The van der Waals surface area contributed by atoms with Gasteiger partial charge in [0, 0.05) is 12.8 Å². The molecular formula is C17H23N3O. The number of benzene rings is 1. The van der Waals surface area contributed by atoms with Gasteiger partial charge in [-0.25, -0.2) is 4.68 Å². The van der Waals surface area contributed by atoms with E-state index in [9.17, 15) is 0 Å². The number of hydrogen-bond donors (Lipinski definition) is 1. The molecule has 3 rings (SSSR count). The minimum atomic E-state index is 0.204. The number of hydrogen-bond acceptors (Lipinski definition) is 3. The molecule has 1 aliphatic heterocycles. The molecule has 1 aromatic heterocycles. The summed E-state index contributed by atoms with van der Waals surface area (Å²) in [6, 6.07) is 12.6. The average molecular weight is 285 g/mol. The van der Waals surface area contributed by atoms with Gasteiger partial charge in [0.15, 0.2) is 0 Å². The third-order valence-electron chi connectivity index (χ3n) is 3.94. The highest BCUT2D eigenvalue weighted by Gasteiger charge is 2.29. The van der Waals surface area contributed by atoms with Crippen LogP contribution < -0.4 is 5.32 Å². The molecule has 4 nitrogen and oxygen atoms in total. The Morgan fingerprint density at radius 3 is 2.90 bits per heavy atom. The fourth-order valence-electron chi connectivity index (χ4n) is 2.93. The molecule has 1 saturated heterocycles. The zero-order chi connectivity index (χ0) is 14.5. The molecule has 1 fully saturated rings. The molecule has 4 heteroatoms. The van der Waals surface area contributed by atoms with Gasteiger partial charge in [0.05, 0.1) is 23.5 Å². The lowest BCUT2D eigenvalue weighted by Crippen LogP contribution is -2.33. The van der Waals surface area contributed by atoms with Crippen molar-refractivity contribution in [2.24, 2.45) is 0 Å². The van der Waals surface area contributed by atoms with Crippen molar-refractivity contribution in [3.63, 3.8) is 0 Å². The maximum Gasteiger partial charge on any atom is 0.0786 e. The zero-order valence-electron chi connectivity index (χ0n) is 12.5. The topological polar surface area (TPSA) is 39.1 Å². The zero-order valence-corrected chi connectivity index (χ0v) is 12.5. The normalized spacial score (nSPS) is 19.8. The minimum absolute atomic E-state index is 0.204. The molecule has 0 bridgehead atoms. The van der Waals surface area contributed by atoms with Crippen LogP contribution in [0.1, 0.15) is 37.9 Å². The monoisotopic (exact) mass is 285 g/mol. The van der Waals surface area contributed by atoms with Gasteiger partial charge in [-0.2, -0.15) is 5.10 Å². The third-order valence-corrected chi connectivity index (χ3v) is 3.94. The Labute approximate surface area is 126 Å². The van der Waals surface area contributed by atoms with Crippen LogP contribution in [0.5, 0.6) is 0 Å². The van der Waals surface area contributed by atoms with Crippen LogP contribution in [0.3, 0.4) is 0 Å². The Hall–Kier alpha value is -1.65. The van der Waals surface area contributed by atoms with E-state index in [-0.39, 0.29) is 12.1 Å². The Balaban J connectivity index is 1.90. The van der Waals surface area contributed by atoms with Gasteiger partial charge in [-0.1, -0.05) is 25.1 Å². The molecule has 21 heavy (non-hydrogen) atoms. The van der Waals surface area contributed by atoms with Crippen LogP contribution in [0, 0.1) is 0 Å². The van der Waals surface area contributed by atoms with E-state index in [2.05, 4.69) is 35.5 Å². The third kappa shape index (κ3) is 3.17. The highest BCUT2D eigenvalue weighted by Crippen LogP contribution is 2.28. The van der Waals surface area contributed by atoms with Crippen molar-refractivity contribution in [3.05, 3.63) is 48.3 Å². The molecule has 0 saturated carbocycles. The van der Waals surface area contributed by atoms with Gasteiger partial charge in [-0.3, -0.25) is 0 Å². The van der Waals surface area contributed by atoms with E-state index in [0.29, 0.717) is 0 Å². The second-order valence-electron chi connectivity index (χ2n) is 5.49. The molecule has 2 unspecified atom stereocenters. The van der Waals surface area contributed by atoms with Crippen LogP contribution in [0.25, 0.3) is 5.69 Å². The first-order chi connectivity index (χ1) is 10.4. The first-order valence-corrected chi connectivity index (χ1v) is 7.84. The first kappa shape index (κ1) is 14.3. The maximum absolute atomic E-state index is 5.92. The van der Waals surface area contributed by atoms with E-state index in [1.807, 2.05) is 29.1 Å². The van der Waals surface area contributed by atoms with Crippen molar-refractivity contribution in [3.8, 4) is 5.69 Å². The quantitative estimate of drug-likeness (QED) is 0.886. The fraction of sp³-hybridized carbons (Fsp3) is 0.471. The summed E-state index contributed by atoms with van der Waals surface area (Å²) in [5.74, 6) is 0. The lowest BCUT2D eigenvalue weighted by Gasteiger charge is -2.25. The molecule has 0 aliphatic carbocycles. The predicted octanol–water partition coefficient (Wildman–Crippen LogP) is 3.09. The van der Waals surface area contributed by atoms with E-state index in [1.54, 1.807) is 0 Å². The Kier molecular flexibility index (Phi) is 4.68. The second kappa shape index (κ2) is 6.87. The van der Waals surface area contributed by atoms with Gasteiger partial charge < -0.3 is 10.1 Å². The number of ether oxygens (including phenoxy) is 1. The standard InChI is InChI=1S/C17H23N3O/c1-2-11-18-17(16-9-6-13-21-16)15-10-12-19-20(15)14-7-4-3-5-8-14/h3-5,7-8,10,12,16-18H,2,6,9,11,13H2,1H3. The molecule has 2 heterocycles. The summed E-state index contributed by atoms with van der Waals surface area (Å²) in [6.45, 7) is 4.05. The van der Waals surface area contributed by atoms with Gasteiger partial charge in [0.25, 0.3) is 0 Å². The van der Waals surface area contributed by atoms with Crippen molar-refractivity contribution >= 4 is 0 Å². The molecular weight excluding hydrogens is 262 g/mol. The largest absolute Gasteiger partial charge is 0.376 e. The lowest BCUT2D eigenvalue weighted by atomic mass is 10.0. The summed E-state index contributed by atoms with van der Waals surface area (Å²) in [5.41, 5.74) is 2.28. The van der Waals surface area contributed by atoms with E-state index in [0.717, 1.165) is 38.1 Å². The van der Waals surface area contributed by atoms with Crippen LogP contribution in [0.15, 0.2) is 42.6 Å². The average Bonchev–Trinajstić information content (AvgIpc) is 3.20. The fourth-order valence-corrected chi connectivity index (χ4v) is 2.93. The molecule has 1 aliphatic rings. The number of aromatic nitrogens is 2. The van der Waals surface area contributed by atoms with Crippen molar-refractivity contribution < 1.29 is 4.74 Å². The van der Waals surface area contributed by atoms with Gasteiger partial charge in [-0.05, 0) is 44.0 Å². The Bertz CT molecular complexity index is 546. The summed E-state index contributed by atoms with van der Waals surface area (Å²) in [4.78, 5) is 0. The van der Waals surface area contributed by atoms with E-state index in [1.165, 1.54) is 5.69 Å². The van der Waals surface area contributed by atoms with Crippen LogP contribution in [0.2, 0.25) is 0 Å². The summed E-state index contributed by atoms with van der Waals surface area (Å²) in [5, 5.41) is 8.15. The second-order valence-corrected chi connectivity index (χ2v) is 5.49. The van der Waals surface area contributed by atoms with Gasteiger partial charge >= 0.3 is 0 Å². The van der Waals surface area contributed by atoms with Crippen molar-refractivity contribution in [1.29, 1.82) is 0 Å². The van der Waals surface area contributed by atoms with Crippen LogP contribution in [-0.2, 0) is 4.74 Å². The van der Waals surface area contributed by atoms with Crippen molar-refractivity contribution in [2.75, 3.05) is 13.2 Å². The lowest BCUT2D eigenvalue weighted by molar-refractivity contribution is 0.0762. The molecule has 1 aromatic carbocycles. The van der Waals surface area contributed by atoms with E-state index < -0.39 is 0 Å². The molecule has 1 N–H and O–H groups in total. The molecule has 112 valence electrons. The Morgan fingerprint density at radius 1 is 1.33 bits per heavy atom. The smallest absolute Gasteiger partial charge is 0.0786 e. The van der Waals surface area contributed by atoms with E-state index >= 15 is 0 Å². The number of nitrogens with zero attached hydrogens (tertiary/aromatic N) is 2. The van der Waals surface area contributed by atoms with Crippen LogP contribution >= 0.6 is 0 Å². The number of rotatable bonds is 6. The van der Waals surface area contributed by atoms with Gasteiger partial charge in [0.1, 0.15) is 0 Å². The molecule has 0 radical (unpaired) electrons. The van der Waals surface area contributed by atoms with Crippen LogP contribution in [0.4, 0.5) is 0 Å². The first-order valence-electron chi connectivity index (χ1n) is 7.84. The predicted molar refractivity (Wildman–Crippen MR) is 83.6 cm³/mol. The SMILES string of the molecule is CCCNC(c1ccnn1-c1ccccc1)C1CCCO1. The summed E-state index contributed by atoms with van der Waals surface area (Å²) < 4.78 is 7.95. The summed E-state index contributed by atoms with van der Waals surface area (Å²) in [7, 11) is 0. The van der Waals surface area contributed by atoms with Gasteiger partial charge in [0.2, 0.25) is 0 Å². The van der Waals surface area contributed by atoms with Crippen LogP contribution in [-0.4, -0.2) is 29.0 Å². The number of nitrogens with one attached hydrogen (secondary N) is 1. The minimum Gasteiger partial charge on any atom is -0.376 e. The Morgan fingerprint density at radius 2 is 2.19 bits per heavy atom. The molecule has 2 aromatic rings. The highest BCUT2D eigenvalue weighted by molar-refractivity contribution is 5.33. The maximum atomic E-state index is 5.92. The molecule has 0 amide bonds. The molecule has 2 atom stereocenters.